The molecule has 24 heavy (non-hydrogen) atoms. The Balaban J connectivity index is 0.00000288. The maximum absolute atomic E-state index is 4.38. The van der Waals surface area contributed by atoms with Crippen LogP contribution in [0.15, 0.2) is 11.2 Å². The number of thiazole rings is 1. The number of hydrogen-bond donors (Lipinski definition) is 2. The molecule has 7 heteroatoms. The normalized spacial score (nSPS) is 19.0. The zero-order valence-corrected chi connectivity index (χ0v) is 18.3. The van der Waals surface area contributed by atoms with E-state index in [0.717, 1.165) is 31.4 Å². The Kier molecular flexibility index (Phi) is 10.8. The van der Waals surface area contributed by atoms with E-state index in [9.17, 15) is 0 Å². The Morgan fingerprint density at radius 2 is 2.21 bits per heavy atom. The van der Waals surface area contributed by atoms with Gasteiger partial charge in [0.15, 0.2) is 5.96 Å². The predicted octanol–water partition coefficient (Wildman–Crippen LogP) is 2.90. The van der Waals surface area contributed by atoms with Gasteiger partial charge in [0.1, 0.15) is 0 Å². The van der Waals surface area contributed by atoms with Gasteiger partial charge in [-0.2, -0.15) is 0 Å². The lowest BCUT2D eigenvalue weighted by atomic mass is 10.0. The van der Waals surface area contributed by atoms with Crippen LogP contribution in [0.4, 0.5) is 0 Å². The number of aliphatic imine (C=N–C) groups is 1. The van der Waals surface area contributed by atoms with Crippen molar-refractivity contribution in [2.75, 3.05) is 39.8 Å². The molecule has 138 valence electrons. The summed E-state index contributed by atoms with van der Waals surface area (Å²) in [5.41, 5.74) is 0. The predicted molar refractivity (Wildman–Crippen MR) is 115 cm³/mol. The van der Waals surface area contributed by atoms with E-state index in [1.165, 1.54) is 48.8 Å². The third-order valence-corrected chi connectivity index (χ3v) is 5.18. The fourth-order valence-corrected chi connectivity index (χ4v) is 3.81. The van der Waals surface area contributed by atoms with Gasteiger partial charge in [-0.3, -0.25) is 4.99 Å². The van der Waals surface area contributed by atoms with Gasteiger partial charge in [0, 0.05) is 44.2 Å². The fourth-order valence-electron chi connectivity index (χ4n) is 3.02. The van der Waals surface area contributed by atoms with Gasteiger partial charge in [0.05, 0.1) is 5.01 Å². The first-order chi connectivity index (χ1) is 11.2. The molecule has 1 aliphatic heterocycles. The summed E-state index contributed by atoms with van der Waals surface area (Å²) in [6.45, 7) is 10.0. The number of nitrogens with one attached hydrogen (secondary N) is 2. The molecule has 2 N–H and O–H groups in total. The lowest BCUT2D eigenvalue weighted by Crippen LogP contribution is -2.40. The number of rotatable bonds is 7. The van der Waals surface area contributed by atoms with Gasteiger partial charge in [-0.25, -0.2) is 4.98 Å². The van der Waals surface area contributed by atoms with E-state index in [0.29, 0.717) is 0 Å². The Hall–Kier alpha value is -0.410. The van der Waals surface area contributed by atoms with Crippen LogP contribution in [-0.4, -0.2) is 55.6 Å². The second kappa shape index (κ2) is 12.0. The van der Waals surface area contributed by atoms with Crippen molar-refractivity contribution in [3.05, 3.63) is 16.1 Å². The molecule has 1 aromatic heterocycles. The largest absolute Gasteiger partial charge is 0.356 e. The number of nitrogens with zero attached hydrogens (tertiary/aromatic N) is 3. The van der Waals surface area contributed by atoms with Gasteiger partial charge in [-0.05, 0) is 45.2 Å². The van der Waals surface area contributed by atoms with Crippen molar-refractivity contribution in [2.45, 2.75) is 39.5 Å². The van der Waals surface area contributed by atoms with Gasteiger partial charge < -0.3 is 15.5 Å². The second-order valence-corrected chi connectivity index (χ2v) is 7.76. The smallest absolute Gasteiger partial charge is 0.190 e. The molecule has 5 nitrogen and oxygen atoms in total. The maximum Gasteiger partial charge on any atom is 0.190 e. The summed E-state index contributed by atoms with van der Waals surface area (Å²) in [5, 5.41) is 7.96. The van der Waals surface area contributed by atoms with E-state index in [4.69, 9.17) is 0 Å². The average molecular weight is 465 g/mol. The van der Waals surface area contributed by atoms with E-state index < -0.39 is 0 Å². The van der Waals surface area contributed by atoms with Gasteiger partial charge in [-0.1, -0.05) is 6.92 Å². The summed E-state index contributed by atoms with van der Waals surface area (Å²) in [6.07, 6.45) is 6.80. The zero-order chi connectivity index (χ0) is 16.5. The highest BCUT2D eigenvalue weighted by Gasteiger charge is 2.15. The third kappa shape index (κ3) is 8.11. The quantitative estimate of drug-likeness (QED) is 0.282. The number of aryl methyl sites for hydroxylation is 1. The van der Waals surface area contributed by atoms with Crippen molar-refractivity contribution < 1.29 is 0 Å². The van der Waals surface area contributed by atoms with Crippen LogP contribution in [0.25, 0.3) is 0 Å². The summed E-state index contributed by atoms with van der Waals surface area (Å²) < 4.78 is 0. The van der Waals surface area contributed by atoms with Crippen LogP contribution in [0.1, 0.15) is 36.1 Å². The van der Waals surface area contributed by atoms with Crippen LogP contribution in [0.2, 0.25) is 0 Å². The fraction of sp³-hybridized carbons (Fsp3) is 0.765. The molecule has 1 saturated heterocycles. The number of piperidine rings is 1. The number of likely N-dealkylation sites (tertiary alicyclic amines) is 1. The van der Waals surface area contributed by atoms with E-state index in [1.807, 2.05) is 13.2 Å². The van der Waals surface area contributed by atoms with Crippen molar-refractivity contribution in [2.24, 2.45) is 10.9 Å². The minimum atomic E-state index is 0. The molecule has 0 radical (unpaired) electrons. The van der Waals surface area contributed by atoms with Crippen molar-refractivity contribution in [1.82, 2.24) is 20.5 Å². The first-order valence-electron chi connectivity index (χ1n) is 8.75. The molecule has 0 aromatic carbocycles. The molecule has 1 aliphatic rings. The van der Waals surface area contributed by atoms with E-state index in [1.54, 1.807) is 11.3 Å². The summed E-state index contributed by atoms with van der Waals surface area (Å²) in [6, 6.07) is 0. The minimum Gasteiger partial charge on any atom is -0.356 e. The van der Waals surface area contributed by atoms with Gasteiger partial charge in [0.2, 0.25) is 0 Å². The van der Waals surface area contributed by atoms with Crippen LogP contribution < -0.4 is 10.6 Å². The Bertz CT molecular complexity index is 491. The third-order valence-electron chi connectivity index (χ3n) is 4.21. The molecule has 1 atom stereocenters. The second-order valence-electron chi connectivity index (χ2n) is 6.44. The molecule has 0 amide bonds. The minimum absolute atomic E-state index is 0. The topological polar surface area (TPSA) is 52.6 Å². The SMILES string of the molecule is CN=C(NCCCN1CCCC(C)C1)NCCc1ncc(C)s1.I. The summed E-state index contributed by atoms with van der Waals surface area (Å²) in [5.74, 6) is 1.76. The molecule has 0 saturated carbocycles. The van der Waals surface area contributed by atoms with Crippen LogP contribution in [0.5, 0.6) is 0 Å². The summed E-state index contributed by atoms with van der Waals surface area (Å²) >= 11 is 1.77. The molecule has 1 aromatic rings. The molecular weight excluding hydrogens is 433 g/mol. The van der Waals surface area contributed by atoms with Gasteiger partial charge in [-0.15, -0.1) is 35.3 Å². The maximum atomic E-state index is 4.38. The number of guanidine groups is 1. The molecular formula is C17H32IN5S. The van der Waals surface area contributed by atoms with Crippen LogP contribution >= 0.6 is 35.3 Å². The molecule has 0 bridgehead atoms. The van der Waals surface area contributed by atoms with Crippen LogP contribution in [0, 0.1) is 12.8 Å². The Morgan fingerprint density at radius 1 is 1.42 bits per heavy atom. The standard InChI is InChI=1S/C17H31N5S.HI/c1-14-6-4-10-22(13-14)11-5-8-19-17(18-3)20-9-7-16-21-12-15(2)23-16;/h12,14H,4-11,13H2,1-3H3,(H2,18,19,20);1H. The molecule has 2 rings (SSSR count). The highest BCUT2D eigenvalue weighted by molar-refractivity contribution is 14.0. The van der Waals surface area contributed by atoms with Crippen molar-refractivity contribution in [3.63, 3.8) is 0 Å². The van der Waals surface area contributed by atoms with E-state index in [2.05, 4.69) is 39.4 Å². The summed E-state index contributed by atoms with van der Waals surface area (Å²) in [7, 11) is 1.83. The lowest BCUT2D eigenvalue weighted by molar-refractivity contribution is 0.182. The molecule has 1 unspecified atom stereocenters. The lowest BCUT2D eigenvalue weighted by Gasteiger charge is -2.30. The average Bonchev–Trinajstić information content (AvgIpc) is 2.95. The number of halogens is 1. The Labute approximate surface area is 167 Å². The van der Waals surface area contributed by atoms with Crippen molar-refractivity contribution >= 4 is 41.3 Å². The first-order valence-corrected chi connectivity index (χ1v) is 9.57. The molecule has 0 spiro atoms. The van der Waals surface area contributed by atoms with Crippen molar-refractivity contribution in [3.8, 4) is 0 Å². The van der Waals surface area contributed by atoms with Crippen LogP contribution in [0.3, 0.4) is 0 Å². The summed E-state index contributed by atoms with van der Waals surface area (Å²) in [4.78, 5) is 12.5. The van der Waals surface area contributed by atoms with Gasteiger partial charge in [0.25, 0.3) is 0 Å². The van der Waals surface area contributed by atoms with E-state index in [-0.39, 0.29) is 24.0 Å². The monoisotopic (exact) mass is 465 g/mol. The van der Waals surface area contributed by atoms with Gasteiger partial charge >= 0.3 is 0 Å². The highest BCUT2D eigenvalue weighted by atomic mass is 127. The molecule has 2 heterocycles. The number of aromatic nitrogens is 1. The highest BCUT2D eigenvalue weighted by Crippen LogP contribution is 2.15. The van der Waals surface area contributed by atoms with Crippen molar-refractivity contribution in [1.29, 1.82) is 0 Å². The Morgan fingerprint density at radius 3 is 2.88 bits per heavy atom. The first kappa shape index (κ1) is 21.6. The molecule has 0 aliphatic carbocycles. The molecule has 1 fully saturated rings. The van der Waals surface area contributed by atoms with E-state index >= 15 is 0 Å². The van der Waals surface area contributed by atoms with Crippen LogP contribution in [-0.2, 0) is 6.42 Å². The zero-order valence-electron chi connectivity index (χ0n) is 15.2. The number of hydrogen-bond acceptors (Lipinski definition) is 4.